The van der Waals surface area contributed by atoms with E-state index in [1.807, 2.05) is 0 Å². The number of carbonyl (C=O) groups excluding carboxylic acids is 1. The molecule has 0 unspecified atom stereocenters. The van der Waals surface area contributed by atoms with Crippen molar-refractivity contribution in [2.45, 2.75) is 0 Å². The van der Waals surface area contributed by atoms with Gasteiger partial charge in [0.1, 0.15) is 11.5 Å². The largest absolute Gasteiger partial charge is 0.456 e. The third-order valence-corrected chi connectivity index (χ3v) is 5.14. The van der Waals surface area contributed by atoms with Crippen LogP contribution in [-0.2, 0) is 4.79 Å². The summed E-state index contributed by atoms with van der Waals surface area (Å²) in [7, 11) is 0. The molecule has 0 aliphatic carbocycles. The minimum atomic E-state index is -0.466. The lowest BCUT2D eigenvalue weighted by atomic mass is 10.1. The van der Waals surface area contributed by atoms with Gasteiger partial charge in [0.25, 0.3) is 5.69 Å². The number of furan rings is 1. The number of nitrogens with zero attached hydrogens (tertiary/aromatic N) is 2. The Morgan fingerprint density at radius 2 is 2.03 bits per heavy atom. The first-order valence-corrected chi connectivity index (χ1v) is 9.58. The molecule has 0 radical (unpaired) electrons. The number of anilines is 1. The van der Waals surface area contributed by atoms with E-state index in [0.717, 1.165) is 10.2 Å². The highest BCUT2D eigenvalue weighted by molar-refractivity contribution is 7.22. The van der Waals surface area contributed by atoms with Crippen LogP contribution < -0.4 is 5.32 Å². The van der Waals surface area contributed by atoms with Gasteiger partial charge in [-0.2, -0.15) is 0 Å². The Balaban J connectivity index is 1.48. The van der Waals surface area contributed by atoms with Crippen molar-refractivity contribution < 1.29 is 14.1 Å². The van der Waals surface area contributed by atoms with E-state index in [4.69, 9.17) is 16.0 Å². The standard InChI is InChI=1S/C20H12ClN3O4S/c21-12-5-8-15-18(11-12)29-20(22-15)23-19(25)10-7-13-6-9-17(28-13)14-3-1-2-4-16(14)24(26)27/h1-11H,(H,22,23,25)/b10-7+. The molecule has 0 aliphatic rings. The van der Waals surface area contributed by atoms with Crippen LogP contribution in [0, 0.1) is 10.1 Å². The van der Waals surface area contributed by atoms with E-state index in [1.165, 1.54) is 29.6 Å². The first-order valence-electron chi connectivity index (χ1n) is 8.38. The number of nitro benzene ring substituents is 1. The molecule has 1 amide bonds. The topological polar surface area (TPSA) is 98.3 Å². The zero-order chi connectivity index (χ0) is 20.4. The monoisotopic (exact) mass is 425 g/mol. The summed E-state index contributed by atoms with van der Waals surface area (Å²) in [6.07, 6.45) is 2.79. The maximum Gasteiger partial charge on any atom is 0.280 e. The molecule has 0 aliphatic heterocycles. The molecule has 0 saturated carbocycles. The number of rotatable bonds is 5. The summed E-state index contributed by atoms with van der Waals surface area (Å²) in [6, 6.07) is 14.9. The number of benzene rings is 2. The third-order valence-electron chi connectivity index (χ3n) is 3.97. The van der Waals surface area contributed by atoms with Gasteiger partial charge in [0.05, 0.1) is 20.7 Å². The Kier molecular flexibility index (Phi) is 5.11. The average Bonchev–Trinajstić information content (AvgIpc) is 3.32. The molecule has 0 atom stereocenters. The fraction of sp³-hybridized carbons (Fsp3) is 0. The van der Waals surface area contributed by atoms with Gasteiger partial charge in [-0.05, 0) is 42.5 Å². The second kappa shape index (κ2) is 7.86. The fourth-order valence-electron chi connectivity index (χ4n) is 2.69. The predicted molar refractivity (Wildman–Crippen MR) is 113 cm³/mol. The number of thiazole rings is 1. The zero-order valence-corrected chi connectivity index (χ0v) is 16.2. The number of hydrogen-bond donors (Lipinski definition) is 1. The highest BCUT2D eigenvalue weighted by atomic mass is 35.5. The second-order valence-electron chi connectivity index (χ2n) is 5.93. The molecule has 4 aromatic rings. The van der Waals surface area contributed by atoms with Gasteiger partial charge in [-0.1, -0.05) is 35.1 Å². The Labute approximate surface area is 173 Å². The van der Waals surface area contributed by atoms with E-state index in [2.05, 4.69) is 10.3 Å². The molecule has 1 N–H and O–H groups in total. The second-order valence-corrected chi connectivity index (χ2v) is 7.40. The van der Waals surface area contributed by atoms with Crippen LogP contribution in [0.25, 0.3) is 27.6 Å². The minimum absolute atomic E-state index is 0.0499. The number of amides is 1. The van der Waals surface area contributed by atoms with Gasteiger partial charge >= 0.3 is 0 Å². The van der Waals surface area contributed by atoms with Crippen LogP contribution in [0.2, 0.25) is 5.02 Å². The predicted octanol–water partition coefficient (Wildman–Crippen LogP) is 5.77. The summed E-state index contributed by atoms with van der Waals surface area (Å²) >= 11 is 7.28. The lowest BCUT2D eigenvalue weighted by molar-refractivity contribution is -0.384. The number of nitro groups is 1. The normalized spacial score (nSPS) is 11.2. The number of carbonyl (C=O) groups is 1. The number of para-hydroxylation sites is 1. The minimum Gasteiger partial charge on any atom is -0.456 e. The first kappa shape index (κ1) is 18.9. The van der Waals surface area contributed by atoms with Gasteiger partial charge in [0.2, 0.25) is 5.91 Å². The lowest BCUT2D eigenvalue weighted by Gasteiger charge is -1.98. The molecule has 144 valence electrons. The van der Waals surface area contributed by atoms with Crippen LogP contribution in [0.3, 0.4) is 0 Å². The van der Waals surface area contributed by atoms with Gasteiger partial charge in [-0.25, -0.2) is 4.98 Å². The van der Waals surface area contributed by atoms with Crippen LogP contribution in [0.4, 0.5) is 10.8 Å². The molecular formula is C20H12ClN3O4S. The van der Waals surface area contributed by atoms with Gasteiger partial charge < -0.3 is 4.42 Å². The molecular weight excluding hydrogens is 414 g/mol. The van der Waals surface area contributed by atoms with Crippen molar-refractivity contribution in [1.82, 2.24) is 4.98 Å². The van der Waals surface area contributed by atoms with Gasteiger partial charge in [-0.15, -0.1) is 0 Å². The summed E-state index contributed by atoms with van der Waals surface area (Å²) in [5.74, 6) is 0.364. The van der Waals surface area contributed by atoms with Gasteiger partial charge in [-0.3, -0.25) is 20.2 Å². The SMILES string of the molecule is O=C(/C=C/c1ccc(-c2ccccc2[N+](=O)[O-])o1)Nc1nc2ccc(Cl)cc2s1. The summed E-state index contributed by atoms with van der Waals surface area (Å²) in [5, 5.41) is 14.9. The van der Waals surface area contributed by atoms with E-state index in [9.17, 15) is 14.9 Å². The molecule has 0 saturated heterocycles. The number of aromatic nitrogens is 1. The number of fused-ring (bicyclic) bond motifs is 1. The van der Waals surface area contributed by atoms with Crippen molar-refractivity contribution in [1.29, 1.82) is 0 Å². The van der Waals surface area contributed by atoms with Crippen molar-refractivity contribution in [3.8, 4) is 11.3 Å². The lowest BCUT2D eigenvalue weighted by Crippen LogP contribution is -2.07. The van der Waals surface area contributed by atoms with Crippen molar-refractivity contribution in [3.63, 3.8) is 0 Å². The molecule has 2 aromatic heterocycles. The molecule has 0 fully saturated rings. The highest BCUT2D eigenvalue weighted by Gasteiger charge is 2.16. The summed E-state index contributed by atoms with van der Waals surface area (Å²) in [5.41, 5.74) is 1.07. The van der Waals surface area contributed by atoms with Gasteiger partial charge in [0.15, 0.2) is 5.13 Å². The van der Waals surface area contributed by atoms with E-state index < -0.39 is 4.92 Å². The van der Waals surface area contributed by atoms with Crippen molar-refractivity contribution in [2.24, 2.45) is 0 Å². The van der Waals surface area contributed by atoms with Crippen molar-refractivity contribution in [2.75, 3.05) is 5.32 Å². The molecule has 2 heterocycles. The maximum absolute atomic E-state index is 12.2. The molecule has 9 heteroatoms. The van der Waals surface area contributed by atoms with Crippen LogP contribution in [0.5, 0.6) is 0 Å². The van der Waals surface area contributed by atoms with Gasteiger partial charge in [0, 0.05) is 17.2 Å². The summed E-state index contributed by atoms with van der Waals surface area (Å²) in [4.78, 5) is 27.2. The third kappa shape index (κ3) is 4.18. The van der Waals surface area contributed by atoms with E-state index >= 15 is 0 Å². The Morgan fingerprint density at radius 3 is 2.86 bits per heavy atom. The number of hydrogen-bond acceptors (Lipinski definition) is 6. The molecule has 7 nitrogen and oxygen atoms in total. The Hall–Kier alpha value is -3.49. The zero-order valence-electron chi connectivity index (χ0n) is 14.7. The van der Waals surface area contributed by atoms with Crippen LogP contribution in [0.1, 0.15) is 5.76 Å². The smallest absolute Gasteiger partial charge is 0.280 e. The summed E-state index contributed by atoms with van der Waals surface area (Å²) in [6.45, 7) is 0. The Bertz CT molecular complexity index is 1260. The maximum atomic E-state index is 12.2. The number of nitrogens with one attached hydrogen (secondary N) is 1. The van der Waals surface area contributed by atoms with Crippen LogP contribution in [0.15, 0.2) is 65.1 Å². The van der Waals surface area contributed by atoms with Crippen LogP contribution in [-0.4, -0.2) is 15.8 Å². The average molecular weight is 426 g/mol. The van der Waals surface area contributed by atoms with Crippen molar-refractivity contribution in [3.05, 3.63) is 81.6 Å². The van der Waals surface area contributed by atoms with Crippen molar-refractivity contribution >= 4 is 56.0 Å². The number of halogens is 1. The van der Waals surface area contributed by atoms with E-state index in [0.29, 0.717) is 27.2 Å². The molecule has 0 bridgehead atoms. The molecule has 4 rings (SSSR count). The van der Waals surface area contributed by atoms with E-state index in [-0.39, 0.29) is 11.6 Å². The summed E-state index contributed by atoms with van der Waals surface area (Å²) < 4.78 is 6.50. The van der Waals surface area contributed by atoms with Crippen LogP contribution >= 0.6 is 22.9 Å². The Morgan fingerprint density at radius 1 is 1.21 bits per heavy atom. The quantitative estimate of drug-likeness (QED) is 0.248. The first-order chi connectivity index (χ1) is 14.0. The highest BCUT2D eigenvalue weighted by Crippen LogP contribution is 2.31. The molecule has 2 aromatic carbocycles. The molecule has 0 spiro atoms. The fourth-order valence-corrected chi connectivity index (χ4v) is 3.83. The molecule has 29 heavy (non-hydrogen) atoms. The van der Waals surface area contributed by atoms with E-state index in [1.54, 1.807) is 48.5 Å².